The zero-order valence-electron chi connectivity index (χ0n) is 11.7. The maximum Gasteiger partial charge on any atom is 0.251 e. The first kappa shape index (κ1) is 14.5. The fourth-order valence-electron chi connectivity index (χ4n) is 1.88. The third-order valence-corrected chi connectivity index (χ3v) is 3.27. The Morgan fingerprint density at radius 1 is 1.20 bits per heavy atom. The van der Waals surface area contributed by atoms with Crippen LogP contribution in [-0.2, 0) is 4.79 Å². The van der Waals surface area contributed by atoms with Crippen molar-refractivity contribution < 1.29 is 14.0 Å². The Hall–Kier alpha value is -1.91. The van der Waals surface area contributed by atoms with Crippen molar-refractivity contribution in [1.82, 2.24) is 10.6 Å². The molecule has 108 valence electrons. The van der Waals surface area contributed by atoms with E-state index >= 15 is 0 Å². The normalized spacial score (nSPS) is 15.8. The first-order chi connectivity index (χ1) is 9.47. The van der Waals surface area contributed by atoms with E-state index in [-0.39, 0.29) is 23.8 Å². The molecule has 0 bridgehead atoms. The fourth-order valence-corrected chi connectivity index (χ4v) is 1.88. The Bertz CT molecular complexity index is 495. The smallest absolute Gasteiger partial charge is 0.251 e. The van der Waals surface area contributed by atoms with Crippen molar-refractivity contribution in [3.8, 4) is 0 Å². The van der Waals surface area contributed by atoms with Gasteiger partial charge in [-0.1, -0.05) is 13.8 Å². The Morgan fingerprint density at radius 3 is 2.30 bits per heavy atom. The van der Waals surface area contributed by atoms with Crippen molar-refractivity contribution in [2.24, 2.45) is 5.92 Å². The van der Waals surface area contributed by atoms with E-state index in [1.165, 1.54) is 24.3 Å². The van der Waals surface area contributed by atoms with Gasteiger partial charge in [0.25, 0.3) is 5.91 Å². The number of amides is 2. The largest absolute Gasteiger partial charge is 0.352 e. The van der Waals surface area contributed by atoms with Gasteiger partial charge >= 0.3 is 0 Å². The second-order valence-corrected chi connectivity index (χ2v) is 5.48. The van der Waals surface area contributed by atoms with Crippen LogP contribution in [0.4, 0.5) is 4.39 Å². The van der Waals surface area contributed by atoms with Gasteiger partial charge in [-0.2, -0.15) is 0 Å². The summed E-state index contributed by atoms with van der Waals surface area (Å²) in [6.07, 6.45) is 2.00. The topological polar surface area (TPSA) is 58.2 Å². The van der Waals surface area contributed by atoms with E-state index in [0.29, 0.717) is 5.56 Å². The number of halogens is 1. The minimum absolute atomic E-state index is 0.0156. The number of benzene rings is 1. The zero-order valence-corrected chi connectivity index (χ0v) is 11.7. The van der Waals surface area contributed by atoms with Gasteiger partial charge in [0.05, 0.1) is 0 Å². The Morgan fingerprint density at radius 2 is 1.80 bits per heavy atom. The summed E-state index contributed by atoms with van der Waals surface area (Å²) in [4.78, 5) is 24.1. The zero-order chi connectivity index (χ0) is 14.7. The summed E-state index contributed by atoms with van der Waals surface area (Å²) < 4.78 is 12.8. The van der Waals surface area contributed by atoms with Gasteiger partial charge in [0.1, 0.15) is 11.9 Å². The van der Waals surface area contributed by atoms with Gasteiger partial charge < -0.3 is 10.6 Å². The summed E-state index contributed by atoms with van der Waals surface area (Å²) in [5.74, 6) is -0.931. The van der Waals surface area contributed by atoms with Crippen LogP contribution >= 0.6 is 0 Å². The Labute approximate surface area is 117 Å². The van der Waals surface area contributed by atoms with Gasteiger partial charge in [-0.05, 0) is 43.0 Å². The molecule has 2 N–H and O–H groups in total. The second kappa shape index (κ2) is 6.03. The van der Waals surface area contributed by atoms with Crippen LogP contribution in [0.15, 0.2) is 24.3 Å². The van der Waals surface area contributed by atoms with Crippen LogP contribution in [0.2, 0.25) is 0 Å². The summed E-state index contributed by atoms with van der Waals surface area (Å²) in [6, 6.07) is 4.94. The number of rotatable bonds is 5. The van der Waals surface area contributed by atoms with E-state index in [1.807, 2.05) is 13.8 Å². The molecule has 0 spiro atoms. The van der Waals surface area contributed by atoms with Gasteiger partial charge in [0.2, 0.25) is 5.91 Å². The standard InChI is InChI=1S/C15H19FN2O2/c1-9(2)13(15(20)17-12-7-8-12)18-14(19)10-3-5-11(16)6-4-10/h3-6,9,12-13H,7-8H2,1-2H3,(H,17,20)(H,18,19)/t13-/m1/s1. The van der Waals surface area contributed by atoms with Gasteiger partial charge in [-0.15, -0.1) is 0 Å². The molecule has 1 fully saturated rings. The molecule has 1 aromatic carbocycles. The molecule has 0 aliphatic heterocycles. The van der Waals surface area contributed by atoms with Crippen molar-refractivity contribution in [3.05, 3.63) is 35.6 Å². The van der Waals surface area contributed by atoms with Crippen LogP contribution in [-0.4, -0.2) is 23.9 Å². The lowest BCUT2D eigenvalue weighted by Gasteiger charge is -2.21. The van der Waals surface area contributed by atoms with E-state index in [1.54, 1.807) is 0 Å². The van der Waals surface area contributed by atoms with Crippen LogP contribution < -0.4 is 10.6 Å². The molecular weight excluding hydrogens is 259 g/mol. The van der Waals surface area contributed by atoms with Gasteiger partial charge in [0, 0.05) is 11.6 Å². The molecule has 5 heteroatoms. The molecule has 0 radical (unpaired) electrons. The molecule has 2 amide bonds. The average Bonchev–Trinajstić information content (AvgIpc) is 3.19. The highest BCUT2D eigenvalue weighted by Crippen LogP contribution is 2.19. The lowest BCUT2D eigenvalue weighted by Crippen LogP contribution is -2.50. The molecule has 0 saturated heterocycles. The molecule has 1 aromatic rings. The van der Waals surface area contributed by atoms with Crippen LogP contribution in [0.3, 0.4) is 0 Å². The number of carbonyl (C=O) groups is 2. The summed E-state index contributed by atoms with van der Waals surface area (Å²) >= 11 is 0. The first-order valence-electron chi connectivity index (χ1n) is 6.84. The van der Waals surface area contributed by atoms with Crippen molar-refractivity contribution in [2.75, 3.05) is 0 Å². The number of hydrogen-bond donors (Lipinski definition) is 2. The molecule has 1 atom stereocenters. The van der Waals surface area contributed by atoms with Gasteiger partial charge in [-0.25, -0.2) is 4.39 Å². The minimum Gasteiger partial charge on any atom is -0.352 e. The highest BCUT2D eigenvalue weighted by atomic mass is 19.1. The maximum atomic E-state index is 12.8. The predicted molar refractivity (Wildman–Crippen MR) is 73.7 cm³/mol. The van der Waals surface area contributed by atoms with E-state index in [2.05, 4.69) is 10.6 Å². The number of hydrogen-bond acceptors (Lipinski definition) is 2. The van der Waals surface area contributed by atoms with Crippen molar-refractivity contribution >= 4 is 11.8 Å². The highest BCUT2D eigenvalue weighted by Gasteiger charge is 2.30. The Balaban J connectivity index is 2.01. The number of nitrogens with one attached hydrogen (secondary N) is 2. The molecule has 2 rings (SSSR count). The monoisotopic (exact) mass is 278 g/mol. The molecule has 0 heterocycles. The summed E-state index contributed by atoms with van der Waals surface area (Å²) in [5.41, 5.74) is 0.344. The van der Waals surface area contributed by atoms with Crippen molar-refractivity contribution in [3.63, 3.8) is 0 Å². The van der Waals surface area contributed by atoms with E-state index in [9.17, 15) is 14.0 Å². The minimum atomic E-state index is -0.576. The van der Waals surface area contributed by atoms with E-state index in [4.69, 9.17) is 0 Å². The summed E-state index contributed by atoms with van der Waals surface area (Å²) in [7, 11) is 0. The quantitative estimate of drug-likeness (QED) is 0.863. The lowest BCUT2D eigenvalue weighted by atomic mass is 10.0. The SMILES string of the molecule is CC(C)[C@@H](NC(=O)c1ccc(F)cc1)C(=O)NC1CC1. The Kier molecular flexibility index (Phi) is 4.37. The maximum absolute atomic E-state index is 12.8. The second-order valence-electron chi connectivity index (χ2n) is 5.48. The van der Waals surface area contributed by atoms with E-state index in [0.717, 1.165) is 12.8 Å². The molecule has 4 nitrogen and oxygen atoms in total. The molecule has 0 aromatic heterocycles. The predicted octanol–water partition coefficient (Wildman–Crippen LogP) is 1.86. The molecule has 1 aliphatic rings. The molecule has 1 aliphatic carbocycles. The average molecular weight is 278 g/mol. The van der Waals surface area contributed by atoms with Crippen LogP contribution in [0, 0.1) is 11.7 Å². The van der Waals surface area contributed by atoms with Crippen LogP contribution in [0.25, 0.3) is 0 Å². The lowest BCUT2D eigenvalue weighted by molar-refractivity contribution is -0.124. The van der Waals surface area contributed by atoms with E-state index < -0.39 is 11.9 Å². The fraction of sp³-hybridized carbons (Fsp3) is 0.467. The third-order valence-electron chi connectivity index (χ3n) is 3.27. The van der Waals surface area contributed by atoms with Gasteiger partial charge in [0.15, 0.2) is 0 Å². The first-order valence-corrected chi connectivity index (χ1v) is 6.84. The number of carbonyl (C=O) groups excluding carboxylic acids is 2. The molecular formula is C15H19FN2O2. The molecule has 0 unspecified atom stereocenters. The van der Waals surface area contributed by atoms with Crippen LogP contribution in [0.1, 0.15) is 37.0 Å². The van der Waals surface area contributed by atoms with Crippen molar-refractivity contribution in [1.29, 1.82) is 0 Å². The van der Waals surface area contributed by atoms with Crippen molar-refractivity contribution in [2.45, 2.75) is 38.8 Å². The third kappa shape index (κ3) is 3.79. The summed E-state index contributed by atoms with van der Waals surface area (Å²) in [6.45, 7) is 3.75. The summed E-state index contributed by atoms with van der Waals surface area (Å²) in [5, 5.41) is 5.60. The highest BCUT2D eigenvalue weighted by molar-refractivity contribution is 5.97. The molecule has 20 heavy (non-hydrogen) atoms. The van der Waals surface area contributed by atoms with Crippen LogP contribution in [0.5, 0.6) is 0 Å². The molecule has 1 saturated carbocycles. The van der Waals surface area contributed by atoms with Gasteiger partial charge in [-0.3, -0.25) is 9.59 Å².